The molecule has 17 heavy (non-hydrogen) atoms. The largest absolute Gasteiger partial charge is 0.367 e. The molecule has 2 heterocycles. The molecule has 1 aliphatic rings. The lowest BCUT2D eigenvalue weighted by Gasteiger charge is -2.33. The fourth-order valence-corrected chi connectivity index (χ4v) is 2.52. The minimum absolute atomic E-state index is 0.282. The Morgan fingerprint density at radius 3 is 3.00 bits per heavy atom. The molecule has 0 spiro atoms. The van der Waals surface area contributed by atoms with E-state index in [1.165, 1.54) is 6.42 Å². The van der Waals surface area contributed by atoms with Crippen molar-refractivity contribution in [2.24, 2.45) is 0 Å². The summed E-state index contributed by atoms with van der Waals surface area (Å²) in [7, 11) is 0. The van der Waals surface area contributed by atoms with Gasteiger partial charge in [-0.1, -0.05) is 25.6 Å². The van der Waals surface area contributed by atoms with Gasteiger partial charge >= 0.3 is 0 Å². The van der Waals surface area contributed by atoms with Crippen LogP contribution in [-0.4, -0.2) is 16.6 Å². The average molecular weight is 252 g/mol. The van der Waals surface area contributed by atoms with Crippen molar-refractivity contribution in [1.29, 1.82) is 0 Å². The third kappa shape index (κ3) is 2.93. The van der Waals surface area contributed by atoms with Gasteiger partial charge in [0.05, 0.1) is 0 Å². The number of nitrogens with one attached hydrogen (secondary N) is 1. The molecule has 1 atom stereocenters. The molecule has 1 aliphatic heterocycles. The molecule has 1 aromatic heterocycles. The van der Waals surface area contributed by atoms with Crippen molar-refractivity contribution in [3.05, 3.63) is 22.2 Å². The number of ether oxygens (including phenoxy) is 1. The number of rotatable bonds is 3. The summed E-state index contributed by atoms with van der Waals surface area (Å²) in [6, 6.07) is 1.95. The maximum Gasteiger partial charge on any atom is 0.140 e. The predicted molar refractivity (Wildman–Crippen MR) is 70.6 cm³/mol. The summed E-state index contributed by atoms with van der Waals surface area (Å²) >= 11 is 5.23. The zero-order valence-corrected chi connectivity index (χ0v) is 11.4. The Kier molecular flexibility index (Phi) is 3.94. The zero-order chi connectivity index (χ0) is 12.3. The summed E-state index contributed by atoms with van der Waals surface area (Å²) in [5.41, 5.74) is 0.883. The first-order valence-electron chi connectivity index (χ1n) is 6.39. The minimum Gasteiger partial charge on any atom is -0.367 e. The van der Waals surface area contributed by atoms with E-state index >= 15 is 0 Å². The Morgan fingerprint density at radius 1 is 1.53 bits per heavy atom. The standard InChI is InChI=1S/C13H20N2OS/c1-3-6-10-9-11(17)15-12(14-10)13(2)7-4-5-8-16-13/h9H,3-8H2,1-2H3,(H,14,15,17). The Balaban J connectivity index is 2.33. The maximum absolute atomic E-state index is 5.90. The van der Waals surface area contributed by atoms with E-state index in [9.17, 15) is 0 Å². The first-order valence-corrected chi connectivity index (χ1v) is 6.79. The van der Waals surface area contributed by atoms with E-state index in [0.717, 1.165) is 43.8 Å². The third-order valence-electron chi connectivity index (χ3n) is 3.29. The summed E-state index contributed by atoms with van der Waals surface area (Å²) in [5.74, 6) is 0.896. The van der Waals surface area contributed by atoms with Crippen molar-refractivity contribution in [3.8, 4) is 0 Å². The van der Waals surface area contributed by atoms with Crippen LogP contribution in [0.5, 0.6) is 0 Å². The van der Waals surface area contributed by atoms with Crippen LogP contribution in [0.2, 0.25) is 0 Å². The Labute approximate surface area is 108 Å². The Morgan fingerprint density at radius 2 is 2.35 bits per heavy atom. The molecule has 0 aliphatic carbocycles. The monoisotopic (exact) mass is 252 g/mol. The van der Waals surface area contributed by atoms with E-state index in [4.69, 9.17) is 17.0 Å². The van der Waals surface area contributed by atoms with E-state index in [-0.39, 0.29) is 5.60 Å². The van der Waals surface area contributed by atoms with E-state index in [1.807, 2.05) is 6.07 Å². The molecule has 1 N–H and O–H groups in total. The van der Waals surface area contributed by atoms with Gasteiger partial charge in [0, 0.05) is 12.3 Å². The van der Waals surface area contributed by atoms with Gasteiger partial charge in [-0.3, -0.25) is 0 Å². The fourth-order valence-electron chi connectivity index (χ4n) is 2.28. The highest BCUT2D eigenvalue weighted by Crippen LogP contribution is 2.32. The summed E-state index contributed by atoms with van der Waals surface area (Å²) in [6.45, 7) is 5.09. The summed E-state index contributed by atoms with van der Waals surface area (Å²) in [6.07, 6.45) is 5.46. The highest BCUT2D eigenvalue weighted by molar-refractivity contribution is 7.71. The van der Waals surface area contributed by atoms with Gasteiger partial charge in [0.2, 0.25) is 0 Å². The van der Waals surface area contributed by atoms with Crippen LogP contribution in [0.1, 0.15) is 51.0 Å². The second kappa shape index (κ2) is 5.27. The van der Waals surface area contributed by atoms with Gasteiger partial charge in [0.15, 0.2) is 0 Å². The first-order chi connectivity index (χ1) is 8.14. The van der Waals surface area contributed by atoms with Crippen molar-refractivity contribution in [2.45, 2.75) is 51.6 Å². The topological polar surface area (TPSA) is 37.9 Å². The number of aromatic nitrogens is 2. The second-order valence-corrected chi connectivity index (χ2v) is 5.30. The first kappa shape index (κ1) is 12.7. The molecular formula is C13H20N2OS. The molecule has 1 aromatic rings. The molecule has 3 nitrogen and oxygen atoms in total. The van der Waals surface area contributed by atoms with E-state index in [2.05, 4.69) is 23.8 Å². The summed E-state index contributed by atoms with van der Waals surface area (Å²) < 4.78 is 6.56. The van der Waals surface area contributed by atoms with Crippen LogP contribution in [0, 0.1) is 4.64 Å². The number of H-pyrrole nitrogens is 1. The number of hydrogen-bond acceptors (Lipinski definition) is 3. The smallest absolute Gasteiger partial charge is 0.140 e. The normalized spacial score (nSPS) is 24.8. The second-order valence-electron chi connectivity index (χ2n) is 4.88. The Hall–Kier alpha value is -0.740. The number of aryl methyl sites for hydroxylation is 1. The van der Waals surface area contributed by atoms with Crippen LogP contribution in [0.15, 0.2) is 6.07 Å². The molecule has 4 heteroatoms. The minimum atomic E-state index is -0.282. The molecule has 0 radical (unpaired) electrons. The van der Waals surface area contributed by atoms with Crippen molar-refractivity contribution in [2.75, 3.05) is 6.61 Å². The van der Waals surface area contributed by atoms with E-state index < -0.39 is 0 Å². The van der Waals surface area contributed by atoms with Crippen LogP contribution >= 0.6 is 12.2 Å². The molecule has 0 aromatic carbocycles. The highest BCUT2D eigenvalue weighted by atomic mass is 32.1. The number of nitrogens with zero attached hydrogens (tertiary/aromatic N) is 1. The van der Waals surface area contributed by atoms with Crippen LogP contribution in [0.25, 0.3) is 0 Å². The third-order valence-corrected chi connectivity index (χ3v) is 3.50. The molecule has 0 bridgehead atoms. The summed E-state index contributed by atoms with van der Waals surface area (Å²) in [5, 5.41) is 0. The summed E-state index contributed by atoms with van der Waals surface area (Å²) in [4.78, 5) is 7.84. The molecule has 1 saturated heterocycles. The molecule has 2 rings (SSSR count). The highest BCUT2D eigenvalue weighted by Gasteiger charge is 2.32. The quantitative estimate of drug-likeness (QED) is 0.837. The van der Waals surface area contributed by atoms with Crippen molar-refractivity contribution in [3.63, 3.8) is 0 Å². The van der Waals surface area contributed by atoms with E-state index in [1.54, 1.807) is 0 Å². The van der Waals surface area contributed by atoms with Crippen molar-refractivity contribution >= 4 is 12.2 Å². The van der Waals surface area contributed by atoms with Gasteiger partial charge in [0.1, 0.15) is 16.1 Å². The number of hydrogen-bond donors (Lipinski definition) is 1. The molecule has 0 saturated carbocycles. The lowest BCUT2D eigenvalue weighted by molar-refractivity contribution is -0.0762. The molecule has 1 unspecified atom stereocenters. The van der Waals surface area contributed by atoms with Gasteiger partial charge in [0.25, 0.3) is 0 Å². The van der Waals surface area contributed by atoms with Gasteiger partial charge in [-0.05, 0) is 38.7 Å². The van der Waals surface area contributed by atoms with E-state index in [0.29, 0.717) is 4.64 Å². The molecule has 0 amide bonds. The van der Waals surface area contributed by atoms with Gasteiger partial charge in [-0.15, -0.1) is 0 Å². The van der Waals surface area contributed by atoms with Crippen LogP contribution in [0.4, 0.5) is 0 Å². The average Bonchev–Trinajstić information content (AvgIpc) is 2.30. The zero-order valence-electron chi connectivity index (χ0n) is 10.6. The van der Waals surface area contributed by atoms with Gasteiger partial charge in [-0.2, -0.15) is 0 Å². The number of aromatic amines is 1. The fraction of sp³-hybridized carbons (Fsp3) is 0.692. The molecular weight excluding hydrogens is 232 g/mol. The van der Waals surface area contributed by atoms with Crippen LogP contribution in [-0.2, 0) is 16.8 Å². The Bertz CT molecular complexity index is 435. The van der Waals surface area contributed by atoms with Crippen molar-refractivity contribution < 1.29 is 4.74 Å². The molecule has 94 valence electrons. The van der Waals surface area contributed by atoms with Crippen molar-refractivity contribution in [1.82, 2.24) is 9.97 Å². The van der Waals surface area contributed by atoms with Gasteiger partial charge < -0.3 is 9.72 Å². The molecule has 1 fully saturated rings. The van der Waals surface area contributed by atoms with Crippen LogP contribution in [0.3, 0.4) is 0 Å². The SMILES string of the molecule is CCCc1cc(=S)nc(C2(C)CCCCO2)[nH]1. The van der Waals surface area contributed by atoms with Crippen LogP contribution < -0.4 is 0 Å². The lowest BCUT2D eigenvalue weighted by atomic mass is 9.95. The van der Waals surface area contributed by atoms with Gasteiger partial charge in [-0.25, -0.2) is 4.98 Å². The predicted octanol–water partition coefficient (Wildman–Crippen LogP) is 3.51. The maximum atomic E-state index is 5.90. The lowest BCUT2D eigenvalue weighted by Crippen LogP contribution is -2.32.